The molecule has 0 radical (unpaired) electrons. The zero-order valence-corrected chi connectivity index (χ0v) is 23.5. The van der Waals surface area contributed by atoms with Crippen molar-refractivity contribution >= 4 is 28.8 Å². The molecule has 2 nitrogen and oxygen atoms in total. The van der Waals surface area contributed by atoms with Gasteiger partial charge in [0.2, 0.25) is 0 Å². The Kier molecular flexibility index (Phi) is 6.65. The van der Waals surface area contributed by atoms with Crippen LogP contribution >= 0.6 is 0 Å². The molecule has 0 saturated carbocycles. The third kappa shape index (κ3) is 4.31. The Morgan fingerprint density at radius 2 is 0.639 bits per heavy atom. The van der Waals surface area contributed by atoms with Crippen LogP contribution in [0.3, 0.4) is 0 Å². The van der Waals surface area contributed by atoms with Gasteiger partial charge in [-0.3, -0.25) is 0 Å². The Hall–Kier alpha value is -3.48. The summed E-state index contributed by atoms with van der Waals surface area (Å²) >= 11 is -5.25. The minimum absolute atomic E-state index is 0.789. The molecule has 0 aliphatic rings. The molecule has 0 aliphatic heterocycles. The molecule has 0 spiro atoms. The predicted molar refractivity (Wildman–Crippen MR) is 152 cm³/mol. The van der Waals surface area contributed by atoms with Gasteiger partial charge in [-0.15, -0.1) is 0 Å². The summed E-state index contributed by atoms with van der Waals surface area (Å²) in [7, 11) is 0. The first-order valence-electron chi connectivity index (χ1n) is 12.2. The van der Waals surface area contributed by atoms with Crippen LogP contribution in [0.2, 0.25) is 0 Å². The van der Waals surface area contributed by atoms with E-state index in [0.717, 1.165) is 22.0 Å². The van der Waals surface area contributed by atoms with Gasteiger partial charge in [0, 0.05) is 0 Å². The molecule has 0 atom stereocenters. The third-order valence-electron chi connectivity index (χ3n) is 6.55. The summed E-state index contributed by atoms with van der Waals surface area (Å²) in [6.45, 7) is 6.34. The standard InChI is InChI=1S/3C7H7.2C6H6O.Sb/c3*1-7-5-3-2-4-6-7;2*7-6-4-2-1-3-5-6;/h3*3-6H,1H3;2*1-5,7H;/q;;;;;+2/p-2. The van der Waals surface area contributed by atoms with E-state index in [1.807, 2.05) is 60.7 Å². The molecule has 3 heteroatoms. The molecule has 180 valence electrons. The number of benzene rings is 5. The van der Waals surface area contributed by atoms with Crippen molar-refractivity contribution in [1.29, 1.82) is 0 Å². The van der Waals surface area contributed by atoms with E-state index >= 15 is 0 Å². The summed E-state index contributed by atoms with van der Waals surface area (Å²) in [6, 6.07) is 46.3. The molecule has 0 aromatic heterocycles. The SMILES string of the molecule is Cc1cc[c]([Sb]([O]c2ccccc2)([O]c2ccccc2)([c]2ccc(C)cc2)[c]2ccc(C)cc2)cc1. The van der Waals surface area contributed by atoms with E-state index in [2.05, 4.69) is 93.6 Å². The molecule has 5 aromatic carbocycles. The van der Waals surface area contributed by atoms with Crippen molar-refractivity contribution in [3.8, 4) is 11.5 Å². The molecule has 0 aliphatic carbocycles. The van der Waals surface area contributed by atoms with Crippen LogP contribution in [0.15, 0.2) is 133 Å². The Morgan fingerprint density at radius 1 is 0.361 bits per heavy atom. The van der Waals surface area contributed by atoms with Gasteiger partial charge in [0.25, 0.3) is 0 Å². The van der Waals surface area contributed by atoms with E-state index in [4.69, 9.17) is 6.03 Å². The number of hydrogen-bond donors (Lipinski definition) is 0. The van der Waals surface area contributed by atoms with E-state index in [9.17, 15) is 0 Å². The van der Waals surface area contributed by atoms with Crippen molar-refractivity contribution in [2.24, 2.45) is 0 Å². The minimum atomic E-state index is -5.25. The molecule has 0 amide bonds. The third-order valence-corrected chi connectivity index (χ3v) is 20.3. The Labute approximate surface area is 216 Å². The Bertz CT molecular complexity index is 1270. The van der Waals surface area contributed by atoms with Crippen molar-refractivity contribution < 1.29 is 6.03 Å². The molecule has 0 bridgehead atoms. The summed E-state index contributed by atoms with van der Waals surface area (Å²) in [6.07, 6.45) is 0. The first-order chi connectivity index (χ1) is 17.5. The van der Waals surface area contributed by atoms with Gasteiger partial charge in [0.05, 0.1) is 0 Å². The van der Waals surface area contributed by atoms with E-state index in [0.29, 0.717) is 0 Å². The van der Waals surface area contributed by atoms with Gasteiger partial charge in [-0.2, -0.15) is 0 Å². The number of hydrogen-bond acceptors (Lipinski definition) is 2. The predicted octanol–water partition coefficient (Wildman–Crippen LogP) is 6.19. The summed E-state index contributed by atoms with van der Waals surface area (Å²) in [5.74, 6) is 1.58. The van der Waals surface area contributed by atoms with Gasteiger partial charge in [0.15, 0.2) is 0 Å². The fraction of sp³-hybridized carbons (Fsp3) is 0.0909. The van der Waals surface area contributed by atoms with Crippen molar-refractivity contribution in [3.63, 3.8) is 0 Å². The van der Waals surface area contributed by atoms with Crippen molar-refractivity contribution in [3.05, 3.63) is 150 Å². The second-order valence-electron chi connectivity index (χ2n) is 9.27. The van der Waals surface area contributed by atoms with Gasteiger partial charge in [0.1, 0.15) is 0 Å². The fourth-order valence-corrected chi connectivity index (χ4v) is 18.0. The average Bonchev–Trinajstić information content (AvgIpc) is 2.91. The molecule has 0 heterocycles. The van der Waals surface area contributed by atoms with Crippen LogP contribution in [0.5, 0.6) is 11.5 Å². The molecule has 36 heavy (non-hydrogen) atoms. The van der Waals surface area contributed by atoms with Gasteiger partial charge >= 0.3 is 217 Å². The fourth-order valence-electron chi connectivity index (χ4n) is 4.59. The Morgan fingerprint density at radius 3 is 0.917 bits per heavy atom. The van der Waals surface area contributed by atoms with Crippen LogP contribution in [0, 0.1) is 20.8 Å². The van der Waals surface area contributed by atoms with E-state index in [-0.39, 0.29) is 0 Å². The van der Waals surface area contributed by atoms with E-state index < -0.39 is 18.2 Å². The van der Waals surface area contributed by atoms with Crippen molar-refractivity contribution in [1.82, 2.24) is 0 Å². The first-order valence-corrected chi connectivity index (χ1v) is 18.1. The summed E-state index contributed by atoms with van der Waals surface area (Å²) in [4.78, 5) is 0. The molecule has 5 rings (SSSR count). The van der Waals surface area contributed by atoms with Crippen LogP contribution in [-0.4, -0.2) is 18.2 Å². The first kappa shape index (κ1) is 24.2. The topological polar surface area (TPSA) is 18.5 Å². The van der Waals surface area contributed by atoms with Crippen LogP contribution in [0.25, 0.3) is 0 Å². The van der Waals surface area contributed by atoms with E-state index in [1.165, 1.54) is 16.7 Å². The summed E-state index contributed by atoms with van der Waals surface area (Å²) in [5, 5.41) is 0. The second kappa shape index (κ2) is 9.88. The molecule has 5 aromatic rings. The van der Waals surface area contributed by atoms with Crippen molar-refractivity contribution in [2.45, 2.75) is 20.8 Å². The molecule has 0 unspecified atom stereocenters. The summed E-state index contributed by atoms with van der Waals surface area (Å²) < 4.78 is 18.1. The van der Waals surface area contributed by atoms with Gasteiger partial charge < -0.3 is 0 Å². The summed E-state index contributed by atoms with van der Waals surface area (Å²) in [5.41, 5.74) is 3.58. The molecular weight excluding hydrogens is 550 g/mol. The average molecular weight is 581 g/mol. The number of rotatable bonds is 7. The molecule has 0 saturated heterocycles. The van der Waals surface area contributed by atoms with Crippen LogP contribution in [0.1, 0.15) is 16.7 Å². The van der Waals surface area contributed by atoms with E-state index in [1.54, 1.807) is 0 Å². The monoisotopic (exact) mass is 580 g/mol. The van der Waals surface area contributed by atoms with Gasteiger partial charge in [-0.25, -0.2) is 0 Å². The Balaban J connectivity index is 1.96. The van der Waals surface area contributed by atoms with Crippen molar-refractivity contribution in [2.75, 3.05) is 0 Å². The molecule has 0 fully saturated rings. The van der Waals surface area contributed by atoms with Gasteiger partial charge in [-0.05, 0) is 0 Å². The van der Waals surface area contributed by atoms with Crippen LogP contribution in [-0.2, 0) is 0 Å². The zero-order valence-electron chi connectivity index (χ0n) is 21.0. The maximum absolute atomic E-state index is 7.45. The van der Waals surface area contributed by atoms with Crippen LogP contribution < -0.4 is 16.6 Å². The maximum atomic E-state index is 7.45. The number of aryl methyl sites for hydroxylation is 3. The van der Waals surface area contributed by atoms with Crippen LogP contribution in [0.4, 0.5) is 0 Å². The second-order valence-corrected chi connectivity index (χ2v) is 20.2. The van der Waals surface area contributed by atoms with Gasteiger partial charge in [-0.1, -0.05) is 0 Å². The quantitative estimate of drug-likeness (QED) is 0.214. The zero-order chi connectivity index (χ0) is 25.0. The molecular formula is C33H31O2Sb. The molecule has 0 N–H and O–H groups in total. The normalized spacial score (nSPS) is 12.4. The number of para-hydroxylation sites is 2.